The van der Waals surface area contributed by atoms with Crippen molar-refractivity contribution in [3.05, 3.63) is 0 Å². The summed E-state index contributed by atoms with van der Waals surface area (Å²) in [7, 11) is 0. The highest BCUT2D eigenvalue weighted by Crippen LogP contribution is 2.06. The lowest BCUT2D eigenvalue weighted by Crippen LogP contribution is -2.33. The minimum atomic E-state index is -0.429. The molecule has 84 valence electrons. The van der Waals surface area contributed by atoms with Crippen LogP contribution in [0.2, 0.25) is 0 Å². The molecule has 0 aromatic rings. The van der Waals surface area contributed by atoms with Crippen LogP contribution in [-0.2, 0) is 9.53 Å². The van der Waals surface area contributed by atoms with Crippen molar-refractivity contribution in [1.29, 1.82) is 0 Å². The summed E-state index contributed by atoms with van der Waals surface area (Å²) < 4.78 is 5.09. The van der Waals surface area contributed by atoms with Crippen LogP contribution >= 0.6 is 0 Å². The highest BCUT2D eigenvalue weighted by molar-refractivity contribution is 5.72. The Morgan fingerprint density at radius 3 is 2.50 bits per heavy atom. The third-order valence-electron chi connectivity index (χ3n) is 1.49. The summed E-state index contributed by atoms with van der Waals surface area (Å²) >= 11 is 0. The minimum absolute atomic E-state index is 0.126. The zero-order chi connectivity index (χ0) is 11.2. The van der Waals surface area contributed by atoms with Gasteiger partial charge in [0.2, 0.25) is 0 Å². The maximum Gasteiger partial charge on any atom is 0.320 e. The van der Waals surface area contributed by atoms with Crippen molar-refractivity contribution < 1.29 is 14.6 Å². The van der Waals surface area contributed by atoms with E-state index in [1.54, 1.807) is 0 Å². The van der Waals surface area contributed by atoms with Crippen LogP contribution in [0.15, 0.2) is 0 Å². The lowest BCUT2D eigenvalue weighted by molar-refractivity contribution is -0.153. The van der Waals surface area contributed by atoms with E-state index in [4.69, 9.17) is 9.84 Å². The average Bonchev–Trinajstić information content (AvgIpc) is 2.00. The molecule has 0 amide bonds. The molecule has 2 N–H and O–H groups in total. The summed E-state index contributed by atoms with van der Waals surface area (Å²) in [6, 6.07) is 0. The SMILES string of the molecule is CC(CO)CNCC(=O)OC(C)(C)C. The summed E-state index contributed by atoms with van der Waals surface area (Å²) in [5.74, 6) is -0.0972. The molecule has 4 heteroatoms. The highest BCUT2D eigenvalue weighted by atomic mass is 16.6. The van der Waals surface area contributed by atoms with E-state index in [1.807, 2.05) is 27.7 Å². The second kappa shape index (κ2) is 5.98. The molecule has 0 saturated heterocycles. The largest absolute Gasteiger partial charge is 0.459 e. The second-order valence-corrected chi connectivity index (χ2v) is 4.51. The molecule has 0 aromatic carbocycles. The topological polar surface area (TPSA) is 58.6 Å². The number of ether oxygens (including phenoxy) is 1. The fraction of sp³-hybridized carbons (Fsp3) is 0.900. The number of aliphatic hydroxyl groups excluding tert-OH is 1. The maximum absolute atomic E-state index is 11.2. The number of carbonyl (C=O) groups is 1. The van der Waals surface area contributed by atoms with Crippen LogP contribution in [0.5, 0.6) is 0 Å². The van der Waals surface area contributed by atoms with Crippen molar-refractivity contribution in [3.63, 3.8) is 0 Å². The Kier molecular flexibility index (Phi) is 5.72. The van der Waals surface area contributed by atoms with Crippen LogP contribution in [0, 0.1) is 5.92 Å². The molecule has 1 atom stereocenters. The minimum Gasteiger partial charge on any atom is -0.459 e. The fourth-order valence-corrected chi connectivity index (χ4v) is 0.863. The van der Waals surface area contributed by atoms with Crippen LogP contribution < -0.4 is 5.32 Å². The van der Waals surface area contributed by atoms with Crippen LogP contribution in [0.3, 0.4) is 0 Å². The zero-order valence-electron chi connectivity index (χ0n) is 9.46. The quantitative estimate of drug-likeness (QED) is 0.640. The van der Waals surface area contributed by atoms with Gasteiger partial charge in [0.05, 0.1) is 6.54 Å². The number of hydrogen-bond donors (Lipinski definition) is 2. The zero-order valence-corrected chi connectivity index (χ0v) is 9.46. The third kappa shape index (κ3) is 8.01. The van der Waals surface area contributed by atoms with Crippen molar-refractivity contribution >= 4 is 5.97 Å². The molecule has 0 radical (unpaired) electrons. The van der Waals surface area contributed by atoms with Crippen molar-refractivity contribution in [2.24, 2.45) is 5.92 Å². The summed E-state index contributed by atoms with van der Waals surface area (Å²) in [6.07, 6.45) is 0. The van der Waals surface area contributed by atoms with Crippen molar-refractivity contribution in [3.8, 4) is 0 Å². The van der Waals surface area contributed by atoms with Gasteiger partial charge in [-0.2, -0.15) is 0 Å². The number of aliphatic hydroxyl groups is 1. The Bertz CT molecular complexity index is 175. The van der Waals surface area contributed by atoms with Gasteiger partial charge in [0.15, 0.2) is 0 Å². The molecule has 14 heavy (non-hydrogen) atoms. The summed E-state index contributed by atoms with van der Waals surface area (Å²) in [6.45, 7) is 8.35. The number of carbonyl (C=O) groups excluding carboxylic acids is 1. The molecule has 0 spiro atoms. The monoisotopic (exact) mass is 203 g/mol. The highest BCUT2D eigenvalue weighted by Gasteiger charge is 2.15. The number of rotatable bonds is 5. The Hall–Kier alpha value is -0.610. The first-order valence-electron chi connectivity index (χ1n) is 4.88. The molecule has 0 aromatic heterocycles. The Labute approximate surface area is 85.6 Å². The Morgan fingerprint density at radius 2 is 2.07 bits per heavy atom. The fourth-order valence-electron chi connectivity index (χ4n) is 0.863. The van der Waals surface area contributed by atoms with E-state index < -0.39 is 5.60 Å². The van der Waals surface area contributed by atoms with Gasteiger partial charge >= 0.3 is 5.97 Å². The van der Waals surface area contributed by atoms with Gasteiger partial charge in [0, 0.05) is 13.2 Å². The molecule has 4 nitrogen and oxygen atoms in total. The lowest BCUT2D eigenvalue weighted by atomic mass is 10.2. The van der Waals surface area contributed by atoms with Gasteiger partial charge in [-0.3, -0.25) is 4.79 Å². The first-order valence-corrected chi connectivity index (χ1v) is 4.88. The normalized spacial score (nSPS) is 13.8. The van der Waals surface area contributed by atoms with Gasteiger partial charge in [0.25, 0.3) is 0 Å². The van der Waals surface area contributed by atoms with Gasteiger partial charge in [-0.05, 0) is 26.7 Å². The van der Waals surface area contributed by atoms with Gasteiger partial charge in [-0.15, -0.1) is 0 Å². The first-order chi connectivity index (χ1) is 6.35. The smallest absolute Gasteiger partial charge is 0.320 e. The standard InChI is InChI=1S/C10H21NO3/c1-8(7-12)5-11-6-9(13)14-10(2,3)4/h8,11-12H,5-7H2,1-4H3. The number of esters is 1. The predicted octanol–water partition coefficient (Wildman–Crippen LogP) is 0.546. The van der Waals surface area contributed by atoms with Crippen molar-refractivity contribution in [1.82, 2.24) is 5.32 Å². The van der Waals surface area contributed by atoms with Crippen molar-refractivity contribution in [2.45, 2.75) is 33.3 Å². The molecule has 0 aliphatic carbocycles. The Balaban J connectivity index is 3.55. The van der Waals surface area contributed by atoms with E-state index in [9.17, 15) is 4.79 Å². The van der Waals surface area contributed by atoms with Crippen LogP contribution in [0.25, 0.3) is 0 Å². The van der Waals surface area contributed by atoms with E-state index in [0.717, 1.165) is 0 Å². The number of hydrogen-bond acceptors (Lipinski definition) is 4. The van der Waals surface area contributed by atoms with E-state index >= 15 is 0 Å². The van der Waals surface area contributed by atoms with E-state index in [1.165, 1.54) is 0 Å². The van der Waals surface area contributed by atoms with Gasteiger partial charge in [0.1, 0.15) is 5.60 Å². The maximum atomic E-state index is 11.2. The molecular formula is C10H21NO3. The second-order valence-electron chi connectivity index (χ2n) is 4.51. The predicted molar refractivity (Wildman–Crippen MR) is 55.0 cm³/mol. The molecule has 0 fully saturated rings. The van der Waals surface area contributed by atoms with Gasteiger partial charge in [-0.1, -0.05) is 6.92 Å². The van der Waals surface area contributed by atoms with E-state index in [2.05, 4.69) is 5.32 Å². The van der Waals surface area contributed by atoms with Crippen molar-refractivity contribution in [2.75, 3.05) is 19.7 Å². The molecule has 1 unspecified atom stereocenters. The van der Waals surface area contributed by atoms with E-state index in [0.29, 0.717) is 6.54 Å². The summed E-state index contributed by atoms with van der Waals surface area (Å²) in [5.41, 5.74) is -0.429. The van der Waals surface area contributed by atoms with Crippen LogP contribution in [0.4, 0.5) is 0 Å². The van der Waals surface area contributed by atoms with Gasteiger partial charge < -0.3 is 15.2 Å². The molecule has 0 aliphatic heterocycles. The van der Waals surface area contributed by atoms with E-state index in [-0.39, 0.29) is 25.0 Å². The molecule has 0 heterocycles. The van der Waals surface area contributed by atoms with Crippen LogP contribution in [-0.4, -0.2) is 36.4 Å². The molecule has 0 saturated carbocycles. The average molecular weight is 203 g/mol. The van der Waals surface area contributed by atoms with Gasteiger partial charge in [-0.25, -0.2) is 0 Å². The number of nitrogens with one attached hydrogen (secondary N) is 1. The molecule has 0 aliphatic rings. The summed E-state index contributed by atoms with van der Waals surface area (Å²) in [4.78, 5) is 11.2. The lowest BCUT2D eigenvalue weighted by Gasteiger charge is -2.19. The first kappa shape index (κ1) is 13.4. The molecule has 0 bridgehead atoms. The molecular weight excluding hydrogens is 182 g/mol. The Morgan fingerprint density at radius 1 is 1.50 bits per heavy atom. The molecule has 0 rings (SSSR count). The van der Waals surface area contributed by atoms with Crippen LogP contribution in [0.1, 0.15) is 27.7 Å². The third-order valence-corrected chi connectivity index (χ3v) is 1.49. The summed E-state index contributed by atoms with van der Waals surface area (Å²) in [5, 5.41) is 11.7.